The van der Waals surface area contributed by atoms with Crippen LogP contribution in [-0.4, -0.2) is 17.6 Å². The predicted octanol–water partition coefficient (Wildman–Crippen LogP) is 7.40. The number of amides is 2. The number of aryl methyl sites for hydroxylation is 1. The molecule has 1 heterocycles. The summed E-state index contributed by atoms with van der Waals surface area (Å²) in [7, 11) is 0. The SMILES string of the molecule is CC(=O)c1cccc(NC(=O)c2sc(Nc3cccc(C)c3)c(C(=O)Nc3cc(Cl)ccc3Cl)c2N)c1. The van der Waals surface area contributed by atoms with Gasteiger partial charge in [0.15, 0.2) is 5.78 Å². The number of nitrogen functional groups attached to an aromatic ring is 1. The van der Waals surface area contributed by atoms with Crippen LogP contribution in [0.4, 0.5) is 27.8 Å². The van der Waals surface area contributed by atoms with Crippen LogP contribution in [0.3, 0.4) is 0 Å². The average Bonchev–Trinajstić information content (AvgIpc) is 3.17. The second-order valence-electron chi connectivity index (χ2n) is 8.21. The number of nitrogens with two attached hydrogens (primary N) is 1. The van der Waals surface area contributed by atoms with Crippen molar-refractivity contribution < 1.29 is 14.4 Å². The van der Waals surface area contributed by atoms with Gasteiger partial charge in [0.1, 0.15) is 9.88 Å². The maximum Gasteiger partial charge on any atom is 0.267 e. The zero-order valence-electron chi connectivity index (χ0n) is 19.8. The number of anilines is 5. The van der Waals surface area contributed by atoms with Gasteiger partial charge in [-0.05, 0) is 61.9 Å². The Kier molecular flexibility index (Phi) is 7.83. The number of rotatable bonds is 7. The fourth-order valence-electron chi connectivity index (χ4n) is 3.56. The number of halogens is 2. The van der Waals surface area contributed by atoms with Gasteiger partial charge < -0.3 is 21.7 Å². The Hall–Kier alpha value is -3.85. The highest BCUT2D eigenvalue weighted by molar-refractivity contribution is 7.19. The third kappa shape index (κ3) is 6.11. The number of nitrogens with one attached hydrogen (secondary N) is 3. The molecule has 0 atom stereocenters. The van der Waals surface area contributed by atoms with Crippen LogP contribution in [0.1, 0.15) is 42.9 Å². The molecule has 7 nitrogen and oxygen atoms in total. The maximum atomic E-state index is 13.4. The first-order valence-corrected chi connectivity index (χ1v) is 12.6. The van der Waals surface area contributed by atoms with Gasteiger partial charge in [-0.1, -0.05) is 47.5 Å². The van der Waals surface area contributed by atoms with Crippen LogP contribution in [0, 0.1) is 6.92 Å². The molecule has 10 heteroatoms. The highest BCUT2D eigenvalue weighted by atomic mass is 35.5. The zero-order chi connectivity index (χ0) is 26.7. The van der Waals surface area contributed by atoms with Gasteiger partial charge in [-0.3, -0.25) is 14.4 Å². The van der Waals surface area contributed by atoms with Crippen LogP contribution in [0.25, 0.3) is 0 Å². The predicted molar refractivity (Wildman–Crippen MR) is 152 cm³/mol. The third-order valence-corrected chi connectivity index (χ3v) is 7.04. The smallest absolute Gasteiger partial charge is 0.267 e. The first-order chi connectivity index (χ1) is 17.6. The Morgan fingerprint density at radius 2 is 1.59 bits per heavy atom. The molecule has 188 valence electrons. The van der Waals surface area contributed by atoms with E-state index in [4.69, 9.17) is 28.9 Å². The minimum Gasteiger partial charge on any atom is -0.397 e. The molecule has 3 aromatic carbocycles. The molecule has 37 heavy (non-hydrogen) atoms. The van der Waals surface area contributed by atoms with E-state index >= 15 is 0 Å². The number of carbonyl (C=O) groups excluding carboxylic acids is 3. The molecular formula is C27H22Cl2N4O3S. The first-order valence-electron chi connectivity index (χ1n) is 11.1. The molecule has 0 spiro atoms. The largest absolute Gasteiger partial charge is 0.397 e. The van der Waals surface area contributed by atoms with Crippen molar-refractivity contribution in [3.8, 4) is 0 Å². The summed E-state index contributed by atoms with van der Waals surface area (Å²) in [5.74, 6) is -1.21. The van der Waals surface area contributed by atoms with E-state index < -0.39 is 11.8 Å². The summed E-state index contributed by atoms with van der Waals surface area (Å²) in [6, 6.07) is 18.8. The Morgan fingerprint density at radius 3 is 2.32 bits per heavy atom. The molecule has 0 radical (unpaired) electrons. The lowest BCUT2D eigenvalue weighted by Crippen LogP contribution is -2.16. The van der Waals surface area contributed by atoms with Gasteiger partial charge in [-0.25, -0.2) is 0 Å². The van der Waals surface area contributed by atoms with Crippen LogP contribution in [0.5, 0.6) is 0 Å². The van der Waals surface area contributed by atoms with Gasteiger partial charge in [0.05, 0.1) is 22.0 Å². The number of thiophene rings is 1. The monoisotopic (exact) mass is 552 g/mol. The molecule has 4 rings (SSSR count). The van der Waals surface area contributed by atoms with Crippen molar-refractivity contribution in [3.63, 3.8) is 0 Å². The van der Waals surface area contributed by atoms with Crippen LogP contribution in [0.2, 0.25) is 10.0 Å². The van der Waals surface area contributed by atoms with E-state index in [1.807, 2.05) is 31.2 Å². The van der Waals surface area contributed by atoms with E-state index in [0.717, 1.165) is 22.6 Å². The van der Waals surface area contributed by atoms with E-state index in [1.165, 1.54) is 13.0 Å². The van der Waals surface area contributed by atoms with Crippen molar-refractivity contribution in [1.82, 2.24) is 0 Å². The van der Waals surface area contributed by atoms with Crippen LogP contribution < -0.4 is 21.7 Å². The zero-order valence-corrected chi connectivity index (χ0v) is 22.1. The second-order valence-corrected chi connectivity index (χ2v) is 10.1. The molecule has 0 saturated heterocycles. The van der Waals surface area contributed by atoms with Gasteiger partial charge >= 0.3 is 0 Å². The van der Waals surface area contributed by atoms with Crippen LogP contribution in [0.15, 0.2) is 66.7 Å². The maximum absolute atomic E-state index is 13.4. The van der Waals surface area contributed by atoms with Gasteiger partial charge in [0.2, 0.25) is 0 Å². The van der Waals surface area contributed by atoms with E-state index in [9.17, 15) is 14.4 Å². The Labute approximate surface area is 227 Å². The topological polar surface area (TPSA) is 113 Å². The number of carbonyl (C=O) groups is 3. The Bertz CT molecular complexity index is 1530. The van der Waals surface area contributed by atoms with Gasteiger partial charge in [-0.2, -0.15) is 0 Å². The van der Waals surface area contributed by atoms with E-state index in [0.29, 0.717) is 32.0 Å². The van der Waals surface area contributed by atoms with Gasteiger partial charge in [0.25, 0.3) is 11.8 Å². The number of benzene rings is 3. The highest BCUT2D eigenvalue weighted by Gasteiger charge is 2.27. The normalized spacial score (nSPS) is 10.6. The minimum atomic E-state index is -0.564. The lowest BCUT2D eigenvalue weighted by atomic mass is 10.1. The second kappa shape index (κ2) is 11.0. The fourth-order valence-corrected chi connectivity index (χ4v) is 4.93. The van der Waals surface area contributed by atoms with Crippen LogP contribution in [-0.2, 0) is 0 Å². The lowest BCUT2D eigenvalue weighted by molar-refractivity contribution is 0.101. The van der Waals surface area contributed by atoms with Crippen LogP contribution >= 0.6 is 34.5 Å². The summed E-state index contributed by atoms with van der Waals surface area (Å²) in [6.07, 6.45) is 0. The average molecular weight is 553 g/mol. The summed E-state index contributed by atoms with van der Waals surface area (Å²) in [5, 5.41) is 9.75. The lowest BCUT2D eigenvalue weighted by Gasteiger charge is -2.11. The summed E-state index contributed by atoms with van der Waals surface area (Å²) in [6.45, 7) is 3.38. The quantitative estimate of drug-likeness (QED) is 0.178. The fraction of sp³-hybridized carbons (Fsp3) is 0.0741. The highest BCUT2D eigenvalue weighted by Crippen LogP contribution is 2.39. The van der Waals surface area contributed by atoms with Crippen molar-refractivity contribution in [1.29, 1.82) is 0 Å². The number of hydrogen-bond donors (Lipinski definition) is 4. The molecule has 0 unspecified atom stereocenters. The van der Waals surface area contributed by atoms with Crippen molar-refractivity contribution in [2.24, 2.45) is 0 Å². The molecule has 0 aliphatic rings. The molecule has 2 amide bonds. The first kappa shape index (κ1) is 26.2. The third-order valence-electron chi connectivity index (χ3n) is 5.36. The number of Topliss-reactive ketones (excluding diaryl/α,β-unsaturated/α-hetero) is 1. The summed E-state index contributed by atoms with van der Waals surface area (Å²) < 4.78 is 0. The van der Waals surface area contributed by atoms with E-state index in [-0.39, 0.29) is 21.9 Å². The molecule has 0 bridgehead atoms. The summed E-state index contributed by atoms with van der Waals surface area (Å²) in [5.41, 5.74) is 9.38. The summed E-state index contributed by atoms with van der Waals surface area (Å²) >= 11 is 13.3. The molecule has 0 aliphatic heterocycles. The Balaban J connectivity index is 1.71. The van der Waals surface area contributed by atoms with Gasteiger partial charge in [0, 0.05) is 22.0 Å². The van der Waals surface area contributed by atoms with Gasteiger partial charge in [-0.15, -0.1) is 11.3 Å². The van der Waals surface area contributed by atoms with Crippen molar-refractivity contribution in [2.45, 2.75) is 13.8 Å². The molecule has 0 fully saturated rings. The minimum absolute atomic E-state index is 0.00368. The van der Waals surface area contributed by atoms with Crippen molar-refractivity contribution >= 4 is 79.9 Å². The molecule has 1 aromatic heterocycles. The van der Waals surface area contributed by atoms with Crippen molar-refractivity contribution in [2.75, 3.05) is 21.7 Å². The van der Waals surface area contributed by atoms with E-state index in [2.05, 4.69) is 16.0 Å². The molecular weight excluding hydrogens is 531 g/mol. The standard InChI is InChI=1S/C27H22Cl2N4O3S/c1-14-5-3-7-18(11-14)32-27-22(25(35)33-21-13-17(28)9-10-20(21)29)23(30)24(37-27)26(36)31-19-8-4-6-16(12-19)15(2)34/h3-13,32H,30H2,1-2H3,(H,31,36)(H,33,35). The summed E-state index contributed by atoms with van der Waals surface area (Å²) in [4.78, 5) is 38.5. The Morgan fingerprint density at radius 1 is 0.865 bits per heavy atom. The number of hydrogen-bond acceptors (Lipinski definition) is 6. The number of ketones is 1. The molecule has 5 N–H and O–H groups in total. The molecule has 0 aliphatic carbocycles. The van der Waals surface area contributed by atoms with E-state index in [1.54, 1.807) is 36.4 Å². The van der Waals surface area contributed by atoms with Crippen molar-refractivity contribution in [3.05, 3.63) is 98.3 Å². The molecule has 0 saturated carbocycles. The molecule has 4 aromatic rings.